The highest BCUT2D eigenvalue weighted by Gasteiger charge is 2.24. The van der Waals surface area contributed by atoms with E-state index in [2.05, 4.69) is 4.98 Å². The number of nitro benzene ring substituents is 1. The summed E-state index contributed by atoms with van der Waals surface area (Å²) in [6.07, 6.45) is 0. The molecule has 1 heterocycles. The lowest BCUT2D eigenvalue weighted by Gasteiger charge is -2.15. The molecule has 0 aliphatic carbocycles. The van der Waals surface area contributed by atoms with Gasteiger partial charge in [0.15, 0.2) is 5.52 Å². The van der Waals surface area contributed by atoms with Gasteiger partial charge >= 0.3 is 0 Å². The molecule has 0 bridgehead atoms. The van der Waals surface area contributed by atoms with Gasteiger partial charge in [0.1, 0.15) is 5.75 Å². The molecule has 0 amide bonds. The zero-order chi connectivity index (χ0) is 17.3. The Morgan fingerprint density at radius 3 is 2.38 bits per heavy atom. The average Bonchev–Trinajstić information content (AvgIpc) is 2.60. The van der Waals surface area contributed by atoms with E-state index < -0.39 is 4.92 Å². The van der Waals surface area contributed by atoms with Gasteiger partial charge in [-0.1, -0.05) is 30.3 Å². The Balaban J connectivity index is 2.51. The standard InChI is InChI=1S/C18H16N2O4/c1-11-9-15(24-3)19-18-13(20(21)22)10-14(23-2)17(16(11)18)12-7-5-4-6-8-12/h4-10H,1-3H3. The van der Waals surface area contributed by atoms with Crippen molar-refractivity contribution in [3.63, 3.8) is 0 Å². The molecule has 2 aromatic carbocycles. The topological polar surface area (TPSA) is 74.5 Å². The van der Waals surface area contributed by atoms with Crippen molar-refractivity contribution in [2.75, 3.05) is 14.2 Å². The number of rotatable bonds is 4. The monoisotopic (exact) mass is 324 g/mol. The number of benzene rings is 2. The second-order valence-electron chi connectivity index (χ2n) is 5.30. The number of methoxy groups -OCH3 is 2. The average molecular weight is 324 g/mol. The third-order valence-electron chi connectivity index (χ3n) is 3.89. The molecule has 3 aromatic rings. The molecule has 122 valence electrons. The molecule has 24 heavy (non-hydrogen) atoms. The quantitative estimate of drug-likeness (QED) is 0.533. The molecule has 0 atom stereocenters. The number of nitro groups is 1. The minimum atomic E-state index is -0.453. The Kier molecular flexibility index (Phi) is 4.04. The van der Waals surface area contributed by atoms with Crippen LogP contribution in [0.3, 0.4) is 0 Å². The zero-order valence-electron chi connectivity index (χ0n) is 13.6. The molecular formula is C18H16N2O4. The molecule has 1 aromatic heterocycles. The number of nitrogens with zero attached hydrogens (tertiary/aromatic N) is 2. The van der Waals surface area contributed by atoms with Gasteiger partial charge in [-0.2, -0.15) is 0 Å². The lowest BCUT2D eigenvalue weighted by molar-refractivity contribution is -0.383. The van der Waals surface area contributed by atoms with Gasteiger partial charge in [0, 0.05) is 17.0 Å². The fourth-order valence-corrected chi connectivity index (χ4v) is 2.83. The largest absolute Gasteiger partial charge is 0.496 e. The van der Waals surface area contributed by atoms with Crippen LogP contribution >= 0.6 is 0 Å². The highest BCUT2D eigenvalue weighted by atomic mass is 16.6. The Morgan fingerprint density at radius 2 is 1.79 bits per heavy atom. The first-order valence-corrected chi connectivity index (χ1v) is 7.33. The van der Waals surface area contributed by atoms with E-state index >= 15 is 0 Å². The van der Waals surface area contributed by atoms with Crippen molar-refractivity contribution in [2.45, 2.75) is 6.92 Å². The van der Waals surface area contributed by atoms with Gasteiger partial charge < -0.3 is 9.47 Å². The minimum absolute atomic E-state index is 0.108. The highest BCUT2D eigenvalue weighted by molar-refractivity contribution is 6.04. The van der Waals surface area contributed by atoms with Crippen molar-refractivity contribution in [3.8, 4) is 22.8 Å². The third-order valence-corrected chi connectivity index (χ3v) is 3.89. The zero-order valence-corrected chi connectivity index (χ0v) is 13.6. The van der Waals surface area contributed by atoms with Crippen LogP contribution in [0.5, 0.6) is 11.6 Å². The van der Waals surface area contributed by atoms with Crippen LogP contribution in [0.15, 0.2) is 42.5 Å². The Bertz CT molecular complexity index is 923. The Morgan fingerprint density at radius 1 is 1.08 bits per heavy atom. The van der Waals surface area contributed by atoms with Gasteiger partial charge in [-0.15, -0.1) is 0 Å². The maximum Gasteiger partial charge on any atom is 0.299 e. The molecule has 0 fully saturated rings. The molecule has 0 spiro atoms. The van der Waals surface area contributed by atoms with Crippen molar-refractivity contribution < 1.29 is 14.4 Å². The number of ether oxygens (including phenoxy) is 2. The third kappa shape index (κ3) is 2.52. The summed E-state index contributed by atoms with van der Waals surface area (Å²) < 4.78 is 10.6. The Hall–Kier alpha value is -3.15. The summed E-state index contributed by atoms with van der Waals surface area (Å²) in [5.41, 5.74) is 2.70. The first-order valence-electron chi connectivity index (χ1n) is 7.33. The molecule has 0 unspecified atom stereocenters. The molecular weight excluding hydrogens is 308 g/mol. The molecule has 0 N–H and O–H groups in total. The number of aromatic nitrogens is 1. The second-order valence-corrected chi connectivity index (χ2v) is 5.30. The summed E-state index contributed by atoms with van der Waals surface area (Å²) in [4.78, 5) is 15.4. The van der Waals surface area contributed by atoms with Gasteiger partial charge in [-0.25, -0.2) is 4.98 Å². The van der Waals surface area contributed by atoms with Gasteiger partial charge in [0.05, 0.1) is 25.2 Å². The molecule has 0 saturated carbocycles. The van der Waals surface area contributed by atoms with E-state index in [0.29, 0.717) is 17.0 Å². The van der Waals surface area contributed by atoms with Crippen molar-refractivity contribution in [2.24, 2.45) is 0 Å². The van der Waals surface area contributed by atoms with E-state index in [1.165, 1.54) is 20.3 Å². The number of aryl methyl sites for hydroxylation is 1. The number of hydrogen-bond donors (Lipinski definition) is 0. The summed E-state index contributed by atoms with van der Waals surface area (Å²) in [5.74, 6) is 0.780. The molecule has 0 radical (unpaired) electrons. The Labute approximate surface area is 138 Å². The highest BCUT2D eigenvalue weighted by Crippen LogP contribution is 2.43. The molecule has 6 heteroatoms. The van der Waals surface area contributed by atoms with Crippen LogP contribution in [-0.2, 0) is 0 Å². The van der Waals surface area contributed by atoms with Gasteiger partial charge in [0.25, 0.3) is 5.69 Å². The minimum Gasteiger partial charge on any atom is -0.496 e. The van der Waals surface area contributed by atoms with Crippen LogP contribution in [0.4, 0.5) is 5.69 Å². The summed E-state index contributed by atoms with van der Waals surface area (Å²) >= 11 is 0. The smallest absolute Gasteiger partial charge is 0.299 e. The van der Waals surface area contributed by atoms with Crippen molar-refractivity contribution in [1.82, 2.24) is 4.98 Å². The molecule has 0 saturated heterocycles. The van der Waals surface area contributed by atoms with Crippen molar-refractivity contribution in [3.05, 3.63) is 58.1 Å². The predicted octanol–water partition coefficient (Wildman–Crippen LogP) is 4.14. The summed E-state index contributed by atoms with van der Waals surface area (Å²) in [6, 6.07) is 12.8. The van der Waals surface area contributed by atoms with Gasteiger partial charge in [-0.3, -0.25) is 10.1 Å². The lowest BCUT2D eigenvalue weighted by Crippen LogP contribution is -2.00. The van der Waals surface area contributed by atoms with Crippen LogP contribution in [0.2, 0.25) is 0 Å². The molecule has 6 nitrogen and oxygen atoms in total. The van der Waals surface area contributed by atoms with Crippen LogP contribution < -0.4 is 9.47 Å². The predicted molar refractivity (Wildman–Crippen MR) is 91.7 cm³/mol. The number of hydrogen-bond acceptors (Lipinski definition) is 5. The first kappa shape index (κ1) is 15.7. The van der Waals surface area contributed by atoms with Crippen molar-refractivity contribution >= 4 is 16.6 Å². The van der Waals surface area contributed by atoms with E-state index in [0.717, 1.165) is 16.7 Å². The van der Waals surface area contributed by atoms with Crippen molar-refractivity contribution in [1.29, 1.82) is 0 Å². The van der Waals surface area contributed by atoms with E-state index in [1.807, 2.05) is 37.3 Å². The SMILES string of the molecule is COc1cc(C)c2c(-c3ccccc3)c(OC)cc([N+](=O)[O-])c2n1. The van der Waals surface area contributed by atoms with Gasteiger partial charge in [-0.05, 0) is 18.1 Å². The van der Waals surface area contributed by atoms with E-state index in [-0.39, 0.29) is 11.2 Å². The summed E-state index contributed by atoms with van der Waals surface area (Å²) in [6.45, 7) is 1.88. The normalized spacial score (nSPS) is 10.6. The van der Waals surface area contributed by atoms with E-state index in [9.17, 15) is 10.1 Å². The lowest BCUT2D eigenvalue weighted by atomic mass is 9.95. The summed E-state index contributed by atoms with van der Waals surface area (Å²) in [7, 11) is 2.99. The molecule has 0 aliphatic heterocycles. The molecule has 0 aliphatic rings. The van der Waals surface area contributed by atoms with E-state index in [1.54, 1.807) is 6.07 Å². The van der Waals surface area contributed by atoms with Crippen LogP contribution in [0.1, 0.15) is 5.56 Å². The van der Waals surface area contributed by atoms with Crippen LogP contribution in [-0.4, -0.2) is 24.1 Å². The fraction of sp³-hybridized carbons (Fsp3) is 0.167. The van der Waals surface area contributed by atoms with Crippen LogP contribution in [0.25, 0.3) is 22.0 Å². The van der Waals surface area contributed by atoms with Crippen LogP contribution in [0, 0.1) is 17.0 Å². The second kappa shape index (κ2) is 6.16. The fourth-order valence-electron chi connectivity index (χ4n) is 2.83. The number of non-ortho nitro benzene ring substituents is 1. The summed E-state index contributed by atoms with van der Waals surface area (Å²) in [5, 5.41) is 12.2. The number of fused-ring (bicyclic) bond motifs is 1. The maximum absolute atomic E-state index is 11.5. The first-order chi connectivity index (χ1) is 11.6. The van der Waals surface area contributed by atoms with E-state index in [4.69, 9.17) is 9.47 Å². The molecule has 3 rings (SSSR count). The number of pyridine rings is 1. The van der Waals surface area contributed by atoms with Gasteiger partial charge in [0.2, 0.25) is 5.88 Å². The maximum atomic E-state index is 11.5.